The number of benzene rings is 2. The van der Waals surface area contributed by atoms with E-state index in [0.29, 0.717) is 27.4 Å². The molecule has 6 nitrogen and oxygen atoms in total. The first-order chi connectivity index (χ1) is 12.3. The number of carbonyl (C=O) groups excluding carboxylic acids is 3. The molecule has 0 spiro atoms. The van der Waals surface area contributed by atoms with Gasteiger partial charge in [0, 0.05) is 5.02 Å². The Labute approximate surface area is 154 Å². The van der Waals surface area contributed by atoms with Crippen molar-refractivity contribution in [1.82, 2.24) is 5.32 Å². The summed E-state index contributed by atoms with van der Waals surface area (Å²) in [7, 11) is 0. The third-order valence-electron chi connectivity index (χ3n) is 4.01. The van der Waals surface area contributed by atoms with Gasteiger partial charge in [0.2, 0.25) is 0 Å². The van der Waals surface area contributed by atoms with E-state index in [-0.39, 0.29) is 11.3 Å². The quantitative estimate of drug-likeness (QED) is 0.627. The van der Waals surface area contributed by atoms with E-state index < -0.39 is 17.8 Å². The number of urea groups is 1. The van der Waals surface area contributed by atoms with Crippen LogP contribution in [-0.2, 0) is 9.59 Å². The molecule has 7 heteroatoms. The zero-order valence-corrected chi connectivity index (χ0v) is 14.8. The van der Waals surface area contributed by atoms with Crippen molar-refractivity contribution in [3.63, 3.8) is 0 Å². The lowest BCUT2D eigenvalue weighted by Crippen LogP contribution is -2.54. The first-order valence-corrected chi connectivity index (χ1v) is 8.13. The Balaban J connectivity index is 2.04. The van der Waals surface area contributed by atoms with Gasteiger partial charge in [-0.2, -0.15) is 0 Å². The lowest BCUT2D eigenvalue weighted by Gasteiger charge is -2.26. The molecular weight excluding hydrogens is 356 g/mol. The van der Waals surface area contributed by atoms with Crippen LogP contribution in [0.2, 0.25) is 5.02 Å². The Hall–Kier alpha value is -3.12. The normalized spacial score (nSPS) is 16.2. The summed E-state index contributed by atoms with van der Waals surface area (Å²) in [6, 6.07) is 8.60. The van der Waals surface area contributed by atoms with Crippen LogP contribution in [0.5, 0.6) is 5.75 Å². The van der Waals surface area contributed by atoms with Crippen molar-refractivity contribution in [3.8, 4) is 5.75 Å². The van der Waals surface area contributed by atoms with Gasteiger partial charge in [0.05, 0.1) is 5.69 Å². The molecule has 2 N–H and O–H groups in total. The van der Waals surface area contributed by atoms with E-state index in [1.54, 1.807) is 38.1 Å². The molecule has 0 saturated carbocycles. The Morgan fingerprint density at radius 1 is 1.04 bits per heavy atom. The molecule has 1 aliphatic rings. The summed E-state index contributed by atoms with van der Waals surface area (Å²) >= 11 is 5.83. The minimum Gasteiger partial charge on any atom is -0.507 e. The summed E-state index contributed by atoms with van der Waals surface area (Å²) in [5.74, 6) is -1.34. The van der Waals surface area contributed by atoms with E-state index in [4.69, 9.17) is 11.6 Å². The molecule has 1 saturated heterocycles. The van der Waals surface area contributed by atoms with Crippen molar-refractivity contribution >= 4 is 41.2 Å². The van der Waals surface area contributed by atoms with Crippen molar-refractivity contribution in [1.29, 1.82) is 0 Å². The molecule has 2 aromatic carbocycles. The first kappa shape index (κ1) is 17.7. The number of nitrogens with one attached hydrogen (secondary N) is 1. The van der Waals surface area contributed by atoms with E-state index in [1.165, 1.54) is 18.2 Å². The molecule has 2 aromatic rings. The minimum atomic E-state index is -0.822. The standard InChI is InChI=1S/C19H15ClN2O4/c1-10-7-12(8-11(2)16(10)23)9-15-17(24)21-19(26)22(18(15)25)14-5-3-13(20)4-6-14/h3-9,23H,1-2H3,(H,21,24,26). The number of nitrogens with zero attached hydrogens (tertiary/aromatic N) is 1. The van der Waals surface area contributed by atoms with Gasteiger partial charge in [0.25, 0.3) is 11.8 Å². The average molecular weight is 371 g/mol. The Morgan fingerprint density at radius 3 is 2.19 bits per heavy atom. The van der Waals surface area contributed by atoms with Gasteiger partial charge in [0.15, 0.2) is 0 Å². The van der Waals surface area contributed by atoms with Crippen LogP contribution in [0.25, 0.3) is 6.08 Å². The summed E-state index contributed by atoms with van der Waals surface area (Å²) < 4.78 is 0. The van der Waals surface area contributed by atoms with Gasteiger partial charge in [0.1, 0.15) is 11.3 Å². The van der Waals surface area contributed by atoms with Gasteiger partial charge in [-0.25, -0.2) is 9.69 Å². The van der Waals surface area contributed by atoms with E-state index in [9.17, 15) is 19.5 Å². The molecule has 0 aromatic heterocycles. The molecule has 0 bridgehead atoms. The number of hydrogen-bond acceptors (Lipinski definition) is 4. The van der Waals surface area contributed by atoms with Crippen molar-refractivity contribution in [3.05, 3.63) is 63.7 Å². The number of aromatic hydroxyl groups is 1. The SMILES string of the molecule is Cc1cc(C=C2C(=O)NC(=O)N(c3ccc(Cl)cc3)C2=O)cc(C)c1O. The highest BCUT2D eigenvalue weighted by Crippen LogP contribution is 2.26. The number of halogens is 1. The third-order valence-corrected chi connectivity index (χ3v) is 4.26. The van der Waals surface area contributed by atoms with Gasteiger partial charge in [-0.3, -0.25) is 14.9 Å². The number of barbiturate groups is 1. The fraction of sp³-hybridized carbons (Fsp3) is 0.105. The summed E-state index contributed by atoms with van der Waals surface area (Å²) in [4.78, 5) is 37.9. The van der Waals surface area contributed by atoms with E-state index >= 15 is 0 Å². The fourth-order valence-electron chi connectivity index (χ4n) is 2.72. The predicted octanol–water partition coefficient (Wildman–Crippen LogP) is 3.33. The third kappa shape index (κ3) is 3.19. The zero-order valence-electron chi connectivity index (χ0n) is 14.0. The molecule has 0 atom stereocenters. The molecule has 1 heterocycles. The monoisotopic (exact) mass is 370 g/mol. The van der Waals surface area contributed by atoms with Gasteiger partial charge in [-0.1, -0.05) is 11.6 Å². The number of carbonyl (C=O) groups is 3. The van der Waals surface area contributed by atoms with Crippen molar-refractivity contribution in [2.24, 2.45) is 0 Å². The van der Waals surface area contributed by atoms with E-state index in [2.05, 4.69) is 5.32 Å². The molecule has 1 aliphatic heterocycles. The molecule has 1 fully saturated rings. The van der Waals surface area contributed by atoms with Crippen LogP contribution < -0.4 is 10.2 Å². The molecule has 0 aliphatic carbocycles. The number of imide groups is 2. The average Bonchev–Trinajstić information content (AvgIpc) is 2.58. The van der Waals surface area contributed by atoms with Crippen molar-refractivity contribution in [2.45, 2.75) is 13.8 Å². The highest BCUT2D eigenvalue weighted by molar-refractivity contribution is 6.39. The fourth-order valence-corrected chi connectivity index (χ4v) is 2.85. The maximum atomic E-state index is 12.8. The molecule has 0 radical (unpaired) electrons. The lowest BCUT2D eigenvalue weighted by molar-refractivity contribution is -0.122. The topological polar surface area (TPSA) is 86.7 Å². The predicted molar refractivity (Wildman–Crippen MR) is 98.0 cm³/mol. The second kappa shape index (κ2) is 6.65. The molecule has 4 amide bonds. The Bertz CT molecular complexity index is 941. The number of rotatable bonds is 2. The van der Waals surface area contributed by atoms with Crippen LogP contribution in [-0.4, -0.2) is 23.0 Å². The van der Waals surface area contributed by atoms with Crippen LogP contribution in [0.15, 0.2) is 42.0 Å². The second-order valence-electron chi connectivity index (χ2n) is 5.94. The molecule has 26 heavy (non-hydrogen) atoms. The summed E-state index contributed by atoms with van der Waals surface area (Å²) in [5, 5.41) is 12.5. The van der Waals surface area contributed by atoms with Crippen LogP contribution in [0.4, 0.5) is 10.5 Å². The summed E-state index contributed by atoms with van der Waals surface area (Å²) in [6.45, 7) is 3.44. The number of phenolic OH excluding ortho intramolecular Hbond substituents is 1. The maximum absolute atomic E-state index is 12.8. The second-order valence-corrected chi connectivity index (χ2v) is 6.37. The minimum absolute atomic E-state index is 0.157. The summed E-state index contributed by atoms with van der Waals surface area (Å²) in [5.41, 5.74) is 1.93. The molecule has 132 valence electrons. The van der Waals surface area contributed by atoms with Crippen molar-refractivity contribution in [2.75, 3.05) is 4.90 Å². The summed E-state index contributed by atoms with van der Waals surface area (Å²) in [6.07, 6.45) is 1.40. The smallest absolute Gasteiger partial charge is 0.335 e. The van der Waals surface area contributed by atoms with Crippen LogP contribution in [0, 0.1) is 13.8 Å². The maximum Gasteiger partial charge on any atom is 0.335 e. The van der Waals surface area contributed by atoms with Gasteiger partial charge in [-0.05, 0) is 73.0 Å². The number of phenols is 1. The molecule has 3 rings (SSSR count). The van der Waals surface area contributed by atoms with E-state index in [1.807, 2.05) is 0 Å². The largest absolute Gasteiger partial charge is 0.507 e. The Kier molecular flexibility index (Phi) is 4.52. The number of aryl methyl sites for hydroxylation is 2. The number of anilines is 1. The first-order valence-electron chi connectivity index (χ1n) is 7.75. The van der Waals surface area contributed by atoms with Gasteiger partial charge < -0.3 is 5.11 Å². The lowest BCUT2D eigenvalue weighted by atomic mass is 10.0. The van der Waals surface area contributed by atoms with Crippen LogP contribution >= 0.6 is 11.6 Å². The van der Waals surface area contributed by atoms with Crippen LogP contribution in [0.1, 0.15) is 16.7 Å². The molecule has 0 unspecified atom stereocenters. The van der Waals surface area contributed by atoms with Crippen LogP contribution in [0.3, 0.4) is 0 Å². The number of amides is 4. The number of hydrogen-bond donors (Lipinski definition) is 2. The Morgan fingerprint density at radius 2 is 1.62 bits per heavy atom. The van der Waals surface area contributed by atoms with E-state index in [0.717, 1.165) is 4.90 Å². The highest BCUT2D eigenvalue weighted by Gasteiger charge is 2.36. The highest BCUT2D eigenvalue weighted by atomic mass is 35.5. The van der Waals surface area contributed by atoms with Gasteiger partial charge >= 0.3 is 6.03 Å². The zero-order chi connectivity index (χ0) is 19.0. The molecular formula is C19H15ClN2O4. The van der Waals surface area contributed by atoms with Gasteiger partial charge in [-0.15, -0.1) is 0 Å². The van der Waals surface area contributed by atoms with Crippen molar-refractivity contribution < 1.29 is 19.5 Å².